The molecule has 2 aromatic rings. The fourth-order valence-corrected chi connectivity index (χ4v) is 2.56. The maximum absolute atomic E-state index is 13.4. The molecular weight excluding hydrogens is 255 g/mol. The van der Waals surface area contributed by atoms with Crippen molar-refractivity contribution in [2.24, 2.45) is 0 Å². The minimum absolute atomic E-state index is 0.0190. The van der Waals surface area contributed by atoms with Crippen LogP contribution in [0.5, 0.6) is 0 Å². The van der Waals surface area contributed by atoms with E-state index in [9.17, 15) is 9.18 Å². The van der Waals surface area contributed by atoms with Crippen molar-refractivity contribution in [1.29, 1.82) is 0 Å². The fourth-order valence-electron chi connectivity index (χ4n) is 2.56. The van der Waals surface area contributed by atoms with Crippen LogP contribution in [-0.4, -0.2) is 5.91 Å². The summed E-state index contributed by atoms with van der Waals surface area (Å²) in [5.74, 6) is -0.304. The van der Waals surface area contributed by atoms with Crippen molar-refractivity contribution < 1.29 is 9.18 Å². The molecule has 0 radical (unpaired) electrons. The third-order valence-corrected chi connectivity index (χ3v) is 3.54. The van der Waals surface area contributed by atoms with Gasteiger partial charge < -0.3 is 10.6 Å². The molecule has 1 amide bonds. The van der Waals surface area contributed by atoms with E-state index in [1.807, 2.05) is 18.2 Å². The van der Waals surface area contributed by atoms with Crippen LogP contribution in [0.1, 0.15) is 17.5 Å². The van der Waals surface area contributed by atoms with Gasteiger partial charge >= 0.3 is 0 Å². The normalized spacial score (nSPS) is 14.2. The number of anilines is 2. The molecular formula is C16H15FN2O. The molecule has 0 bridgehead atoms. The Hall–Kier alpha value is -2.36. The number of nitrogen functional groups attached to an aromatic ring is 1. The van der Waals surface area contributed by atoms with Gasteiger partial charge in [-0.25, -0.2) is 4.39 Å². The standard InChI is InChI=1S/C16H15FN2O/c17-13-6-4-12-5-7-16(20)19(15(12)9-13)10-11-2-1-3-14(18)8-11/h1-4,6,8-9H,5,7,10,18H2. The molecule has 0 aliphatic carbocycles. The Morgan fingerprint density at radius 2 is 2.00 bits per heavy atom. The third-order valence-electron chi connectivity index (χ3n) is 3.54. The first-order chi connectivity index (χ1) is 9.63. The molecule has 4 heteroatoms. The summed E-state index contributed by atoms with van der Waals surface area (Å²) in [5, 5.41) is 0. The highest BCUT2D eigenvalue weighted by molar-refractivity contribution is 5.96. The summed E-state index contributed by atoms with van der Waals surface area (Å²) in [4.78, 5) is 13.8. The van der Waals surface area contributed by atoms with Crippen molar-refractivity contribution in [3.63, 3.8) is 0 Å². The summed E-state index contributed by atoms with van der Waals surface area (Å²) in [5.41, 5.74) is 9.03. The SMILES string of the molecule is Nc1cccc(CN2C(=O)CCc3ccc(F)cc32)c1. The van der Waals surface area contributed by atoms with Crippen molar-refractivity contribution in [3.05, 3.63) is 59.4 Å². The minimum Gasteiger partial charge on any atom is -0.399 e. The molecule has 1 heterocycles. The first kappa shape index (κ1) is 12.7. The molecule has 0 atom stereocenters. The van der Waals surface area contributed by atoms with Crippen LogP contribution in [0.2, 0.25) is 0 Å². The lowest BCUT2D eigenvalue weighted by atomic mass is 10.0. The van der Waals surface area contributed by atoms with Crippen molar-refractivity contribution in [2.45, 2.75) is 19.4 Å². The number of rotatable bonds is 2. The summed E-state index contributed by atoms with van der Waals surface area (Å²) >= 11 is 0. The van der Waals surface area contributed by atoms with Crippen molar-refractivity contribution in [1.82, 2.24) is 0 Å². The maximum Gasteiger partial charge on any atom is 0.227 e. The van der Waals surface area contributed by atoms with E-state index in [1.54, 1.807) is 17.0 Å². The second kappa shape index (κ2) is 4.96. The predicted molar refractivity (Wildman–Crippen MR) is 76.8 cm³/mol. The number of halogens is 1. The molecule has 3 rings (SSSR count). The van der Waals surface area contributed by atoms with Crippen LogP contribution in [0.15, 0.2) is 42.5 Å². The Bertz CT molecular complexity index is 669. The Morgan fingerprint density at radius 1 is 1.15 bits per heavy atom. The monoisotopic (exact) mass is 270 g/mol. The van der Waals surface area contributed by atoms with Gasteiger partial charge in [-0.1, -0.05) is 18.2 Å². The van der Waals surface area contributed by atoms with E-state index in [-0.39, 0.29) is 11.7 Å². The number of benzene rings is 2. The zero-order valence-corrected chi connectivity index (χ0v) is 11.0. The van der Waals surface area contributed by atoms with Crippen molar-refractivity contribution in [3.8, 4) is 0 Å². The van der Waals surface area contributed by atoms with Gasteiger partial charge in [0, 0.05) is 12.1 Å². The average Bonchev–Trinajstić information content (AvgIpc) is 2.42. The Balaban J connectivity index is 1.97. The van der Waals surface area contributed by atoms with Gasteiger partial charge in [0.1, 0.15) is 5.82 Å². The molecule has 0 saturated heterocycles. The largest absolute Gasteiger partial charge is 0.399 e. The maximum atomic E-state index is 13.4. The predicted octanol–water partition coefficient (Wildman–Crippen LogP) is 2.89. The van der Waals surface area contributed by atoms with E-state index in [2.05, 4.69) is 0 Å². The molecule has 0 fully saturated rings. The Kier molecular flexibility index (Phi) is 3.14. The lowest BCUT2D eigenvalue weighted by molar-refractivity contribution is -0.119. The summed E-state index contributed by atoms with van der Waals surface area (Å²) in [6, 6.07) is 12.0. The van der Waals surface area contributed by atoms with Crippen LogP contribution in [0.3, 0.4) is 0 Å². The smallest absolute Gasteiger partial charge is 0.227 e. The van der Waals surface area contributed by atoms with Crippen LogP contribution < -0.4 is 10.6 Å². The number of carbonyl (C=O) groups is 1. The number of nitrogens with zero attached hydrogens (tertiary/aromatic N) is 1. The van der Waals surface area contributed by atoms with Gasteiger partial charge in [0.25, 0.3) is 0 Å². The van der Waals surface area contributed by atoms with Crippen LogP contribution in [0.4, 0.5) is 15.8 Å². The zero-order chi connectivity index (χ0) is 14.1. The highest BCUT2D eigenvalue weighted by Crippen LogP contribution is 2.30. The van der Waals surface area contributed by atoms with E-state index in [4.69, 9.17) is 5.73 Å². The molecule has 102 valence electrons. The van der Waals surface area contributed by atoms with Gasteiger partial charge in [-0.2, -0.15) is 0 Å². The molecule has 1 aliphatic rings. The first-order valence-corrected chi connectivity index (χ1v) is 6.57. The second-order valence-corrected chi connectivity index (χ2v) is 5.00. The lowest BCUT2D eigenvalue weighted by Gasteiger charge is -2.29. The molecule has 2 N–H and O–H groups in total. The van der Waals surface area contributed by atoms with Gasteiger partial charge in [-0.3, -0.25) is 4.79 Å². The number of fused-ring (bicyclic) bond motifs is 1. The molecule has 3 nitrogen and oxygen atoms in total. The lowest BCUT2D eigenvalue weighted by Crippen LogP contribution is -2.34. The molecule has 20 heavy (non-hydrogen) atoms. The van der Waals surface area contributed by atoms with Gasteiger partial charge in [0.15, 0.2) is 0 Å². The highest BCUT2D eigenvalue weighted by Gasteiger charge is 2.24. The molecule has 2 aromatic carbocycles. The van der Waals surface area contributed by atoms with E-state index in [0.29, 0.717) is 30.8 Å². The van der Waals surface area contributed by atoms with Crippen LogP contribution in [0, 0.1) is 5.82 Å². The number of aryl methyl sites for hydroxylation is 1. The first-order valence-electron chi connectivity index (χ1n) is 6.57. The van der Waals surface area contributed by atoms with Gasteiger partial charge in [0.05, 0.1) is 12.2 Å². The molecule has 0 saturated carbocycles. The number of hydrogen-bond acceptors (Lipinski definition) is 2. The van der Waals surface area contributed by atoms with E-state index < -0.39 is 0 Å². The number of carbonyl (C=O) groups excluding carboxylic acids is 1. The second-order valence-electron chi connectivity index (χ2n) is 5.00. The van der Waals surface area contributed by atoms with Crippen molar-refractivity contribution >= 4 is 17.3 Å². The number of hydrogen-bond donors (Lipinski definition) is 1. The quantitative estimate of drug-likeness (QED) is 0.853. The third kappa shape index (κ3) is 2.37. The minimum atomic E-state index is -0.323. The molecule has 0 unspecified atom stereocenters. The van der Waals surface area contributed by atoms with E-state index >= 15 is 0 Å². The van der Waals surface area contributed by atoms with Crippen LogP contribution >= 0.6 is 0 Å². The summed E-state index contributed by atoms with van der Waals surface area (Å²) in [6.07, 6.45) is 1.13. The highest BCUT2D eigenvalue weighted by atomic mass is 19.1. The average molecular weight is 270 g/mol. The summed E-state index contributed by atoms with van der Waals surface area (Å²) < 4.78 is 13.4. The van der Waals surface area contributed by atoms with E-state index in [1.165, 1.54) is 12.1 Å². The molecule has 0 aromatic heterocycles. The number of amides is 1. The van der Waals surface area contributed by atoms with Crippen LogP contribution in [0.25, 0.3) is 0 Å². The van der Waals surface area contributed by atoms with Gasteiger partial charge in [-0.15, -0.1) is 0 Å². The molecule has 1 aliphatic heterocycles. The Labute approximate surface area is 116 Å². The topological polar surface area (TPSA) is 46.3 Å². The number of nitrogens with two attached hydrogens (primary N) is 1. The Morgan fingerprint density at radius 3 is 2.80 bits per heavy atom. The van der Waals surface area contributed by atoms with Crippen molar-refractivity contribution in [2.75, 3.05) is 10.6 Å². The fraction of sp³-hybridized carbons (Fsp3) is 0.188. The van der Waals surface area contributed by atoms with E-state index in [0.717, 1.165) is 11.1 Å². The summed E-state index contributed by atoms with van der Waals surface area (Å²) in [7, 11) is 0. The molecule has 0 spiro atoms. The van der Waals surface area contributed by atoms with Gasteiger partial charge in [0.2, 0.25) is 5.91 Å². The van der Waals surface area contributed by atoms with Gasteiger partial charge in [-0.05, 0) is 41.8 Å². The zero-order valence-electron chi connectivity index (χ0n) is 11.0. The summed E-state index contributed by atoms with van der Waals surface area (Å²) in [6.45, 7) is 0.417. The van der Waals surface area contributed by atoms with Crippen LogP contribution in [-0.2, 0) is 17.8 Å².